The fourth-order valence-corrected chi connectivity index (χ4v) is 4.58. The Labute approximate surface area is 188 Å². The Morgan fingerprint density at radius 1 is 1.00 bits per heavy atom. The van der Waals surface area contributed by atoms with Gasteiger partial charge in [-0.3, -0.25) is 9.69 Å². The molecule has 1 fully saturated rings. The number of hydrogen-bond donors (Lipinski definition) is 1. The molecule has 2 heterocycles. The van der Waals surface area contributed by atoms with Crippen molar-refractivity contribution in [2.24, 2.45) is 0 Å². The van der Waals surface area contributed by atoms with Crippen LogP contribution in [0.4, 0.5) is 0 Å². The number of carbonyl (C=O) groups excluding carboxylic acids is 1. The van der Waals surface area contributed by atoms with Crippen molar-refractivity contribution < 1.29 is 4.79 Å². The molecule has 6 heteroatoms. The summed E-state index contributed by atoms with van der Waals surface area (Å²) in [5, 5.41) is 5.96. The van der Waals surface area contributed by atoms with Crippen molar-refractivity contribution in [3.8, 4) is 10.6 Å². The summed E-state index contributed by atoms with van der Waals surface area (Å²) in [4.78, 5) is 21.8. The van der Waals surface area contributed by atoms with E-state index >= 15 is 0 Å². The zero-order valence-corrected chi connectivity index (χ0v) is 18.9. The zero-order chi connectivity index (χ0) is 21.5. The molecule has 1 aliphatic heterocycles. The topological polar surface area (TPSA) is 48.5 Å². The van der Waals surface area contributed by atoms with Crippen LogP contribution < -0.4 is 5.32 Å². The number of benzene rings is 2. The predicted octanol–water partition coefficient (Wildman–Crippen LogP) is 3.46. The van der Waals surface area contributed by atoms with Gasteiger partial charge in [-0.25, -0.2) is 4.98 Å². The van der Waals surface area contributed by atoms with E-state index in [9.17, 15) is 4.79 Å². The van der Waals surface area contributed by atoms with E-state index in [1.165, 1.54) is 11.1 Å². The molecule has 0 atom stereocenters. The van der Waals surface area contributed by atoms with Crippen molar-refractivity contribution in [1.29, 1.82) is 0 Å². The molecule has 0 radical (unpaired) electrons. The van der Waals surface area contributed by atoms with Gasteiger partial charge in [0, 0.05) is 50.2 Å². The molecule has 1 aromatic heterocycles. The lowest BCUT2D eigenvalue weighted by atomic mass is 10.1. The summed E-state index contributed by atoms with van der Waals surface area (Å²) < 4.78 is 0. The SMILES string of the molecule is CN1CCN(Cc2ccc(-c3nc(CC(=O)NCCc4ccccc4)cs3)cc2)CC1. The van der Waals surface area contributed by atoms with Crippen LogP contribution >= 0.6 is 11.3 Å². The van der Waals surface area contributed by atoms with Gasteiger partial charge in [-0.05, 0) is 24.6 Å². The number of nitrogens with zero attached hydrogens (tertiary/aromatic N) is 3. The number of aromatic nitrogens is 1. The Morgan fingerprint density at radius 2 is 1.74 bits per heavy atom. The van der Waals surface area contributed by atoms with E-state index in [-0.39, 0.29) is 5.91 Å². The summed E-state index contributed by atoms with van der Waals surface area (Å²) in [5.41, 5.74) is 4.51. The van der Waals surface area contributed by atoms with Crippen LogP contribution in [0.3, 0.4) is 0 Å². The second-order valence-corrected chi connectivity index (χ2v) is 9.04. The van der Waals surface area contributed by atoms with Crippen molar-refractivity contribution in [2.75, 3.05) is 39.8 Å². The third-order valence-electron chi connectivity index (χ3n) is 5.68. The standard InChI is InChI=1S/C25H30N4OS/c1-28-13-15-29(16-14-28)18-21-7-9-22(10-8-21)25-27-23(19-31-25)17-24(30)26-12-11-20-5-3-2-4-6-20/h2-10,19H,11-18H2,1H3,(H,26,30). The molecule has 0 spiro atoms. The van der Waals surface area contributed by atoms with Crippen LogP contribution in [-0.4, -0.2) is 60.5 Å². The summed E-state index contributed by atoms with van der Waals surface area (Å²) in [5.74, 6) is 0.0234. The number of likely N-dealkylation sites (N-methyl/N-ethyl adjacent to an activating group) is 1. The number of piperazine rings is 1. The van der Waals surface area contributed by atoms with E-state index < -0.39 is 0 Å². The van der Waals surface area contributed by atoms with Gasteiger partial charge < -0.3 is 10.2 Å². The Balaban J connectivity index is 1.25. The van der Waals surface area contributed by atoms with Crippen LogP contribution in [0.15, 0.2) is 60.0 Å². The molecule has 1 N–H and O–H groups in total. The summed E-state index contributed by atoms with van der Waals surface area (Å²) >= 11 is 1.60. The molecule has 1 aliphatic rings. The van der Waals surface area contributed by atoms with Crippen molar-refractivity contribution in [3.63, 3.8) is 0 Å². The lowest BCUT2D eigenvalue weighted by Gasteiger charge is -2.32. The van der Waals surface area contributed by atoms with E-state index in [1.54, 1.807) is 11.3 Å². The molecule has 0 bridgehead atoms. The molecule has 162 valence electrons. The van der Waals surface area contributed by atoms with Crippen LogP contribution in [0.1, 0.15) is 16.8 Å². The highest BCUT2D eigenvalue weighted by Crippen LogP contribution is 2.24. The van der Waals surface area contributed by atoms with E-state index in [1.807, 2.05) is 23.6 Å². The molecule has 0 saturated carbocycles. The largest absolute Gasteiger partial charge is 0.355 e. The predicted molar refractivity (Wildman–Crippen MR) is 127 cm³/mol. The van der Waals surface area contributed by atoms with Crippen molar-refractivity contribution in [2.45, 2.75) is 19.4 Å². The molecular formula is C25H30N4OS. The minimum atomic E-state index is 0.0234. The van der Waals surface area contributed by atoms with Gasteiger partial charge in [0.25, 0.3) is 0 Å². The van der Waals surface area contributed by atoms with Crippen LogP contribution in [0.5, 0.6) is 0 Å². The molecule has 4 rings (SSSR count). The summed E-state index contributed by atoms with van der Waals surface area (Å²) in [6, 6.07) is 18.9. The summed E-state index contributed by atoms with van der Waals surface area (Å²) in [6.45, 7) is 6.18. The summed E-state index contributed by atoms with van der Waals surface area (Å²) in [6.07, 6.45) is 1.17. The number of carbonyl (C=O) groups is 1. The van der Waals surface area contributed by atoms with Crippen molar-refractivity contribution in [3.05, 3.63) is 76.8 Å². The van der Waals surface area contributed by atoms with E-state index in [4.69, 9.17) is 0 Å². The van der Waals surface area contributed by atoms with E-state index in [2.05, 4.69) is 63.5 Å². The van der Waals surface area contributed by atoms with E-state index in [0.29, 0.717) is 13.0 Å². The first-order valence-electron chi connectivity index (χ1n) is 10.9. The fourth-order valence-electron chi connectivity index (χ4n) is 3.76. The first-order chi connectivity index (χ1) is 15.2. The maximum Gasteiger partial charge on any atom is 0.226 e. The Hall–Kier alpha value is -2.54. The first kappa shape index (κ1) is 21.7. The fraction of sp³-hybridized carbons (Fsp3) is 0.360. The van der Waals surface area contributed by atoms with Crippen molar-refractivity contribution in [1.82, 2.24) is 20.1 Å². The first-order valence-corrected chi connectivity index (χ1v) is 11.8. The number of amides is 1. The van der Waals surface area contributed by atoms with Gasteiger partial charge in [0.2, 0.25) is 5.91 Å². The van der Waals surface area contributed by atoms with Gasteiger partial charge in [-0.15, -0.1) is 11.3 Å². The minimum absolute atomic E-state index is 0.0234. The Kier molecular flexibility index (Phi) is 7.46. The highest BCUT2D eigenvalue weighted by atomic mass is 32.1. The zero-order valence-electron chi connectivity index (χ0n) is 18.1. The number of thiazole rings is 1. The molecule has 0 unspecified atom stereocenters. The van der Waals surface area contributed by atoms with E-state index in [0.717, 1.165) is 55.4 Å². The molecule has 1 saturated heterocycles. The average molecular weight is 435 g/mol. The molecule has 31 heavy (non-hydrogen) atoms. The van der Waals surface area contributed by atoms with Crippen molar-refractivity contribution >= 4 is 17.2 Å². The second kappa shape index (κ2) is 10.7. The monoisotopic (exact) mass is 434 g/mol. The maximum absolute atomic E-state index is 12.2. The van der Waals surface area contributed by atoms with Gasteiger partial charge in [-0.2, -0.15) is 0 Å². The lowest BCUT2D eigenvalue weighted by molar-refractivity contribution is -0.120. The minimum Gasteiger partial charge on any atom is -0.355 e. The van der Waals surface area contributed by atoms with Crippen LogP contribution in [0.25, 0.3) is 10.6 Å². The van der Waals surface area contributed by atoms with Gasteiger partial charge in [0.15, 0.2) is 0 Å². The maximum atomic E-state index is 12.2. The highest BCUT2D eigenvalue weighted by molar-refractivity contribution is 7.13. The molecule has 3 aromatic rings. The van der Waals surface area contributed by atoms with Crippen LogP contribution in [0.2, 0.25) is 0 Å². The van der Waals surface area contributed by atoms with Crippen LogP contribution in [0, 0.1) is 0 Å². The molecule has 0 aliphatic carbocycles. The molecule has 2 aromatic carbocycles. The molecule has 1 amide bonds. The quantitative estimate of drug-likeness (QED) is 0.590. The molecule has 5 nitrogen and oxygen atoms in total. The highest BCUT2D eigenvalue weighted by Gasteiger charge is 2.14. The number of hydrogen-bond acceptors (Lipinski definition) is 5. The van der Waals surface area contributed by atoms with Gasteiger partial charge in [-0.1, -0.05) is 54.6 Å². The average Bonchev–Trinajstić information content (AvgIpc) is 3.25. The van der Waals surface area contributed by atoms with Gasteiger partial charge in [0.1, 0.15) is 5.01 Å². The third-order valence-corrected chi connectivity index (χ3v) is 6.62. The normalized spacial score (nSPS) is 15.1. The van der Waals surface area contributed by atoms with Gasteiger partial charge >= 0.3 is 0 Å². The van der Waals surface area contributed by atoms with Crippen LogP contribution in [-0.2, 0) is 24.2 Å². The molecular weight excluding hydrogens is 404 g/mol. The Bertz CT molecular complexity index is 963. The lowest BCUT2D eigenvalue weighted by Crippen LogP contribution is -2.43. The summed E-state index contributed by atoms with van der Waals surface area (Å²) in [7, 11) is 2.18. The number of nitrogens with one attached hydrogen (secondary N) is 1. The van der Waals surface area contributed by atoms with Gasteiger partial charge in [0.05, 0.1) is 12.1 Å². The second-order valence-electron chi connectivity index (χ2n) is 8.18. The smallest absolute Gasteiger partial charge is 0.226 e. The number of rotatable bonds is 8. The Morgan fingerprint density at radius 3 is 2.48 bits per heavy atom. The third kappa shape index (κ3) is 6.47.